The van der Waals surface area contributed by atoms with Gasteiger partial charge in [0.15, 0.2) is 0 Å². The molecular formula is C16H34N2. The highest BCUT2D eigenvalue weighted by Gasteiger charge is 2.23. The van der Waals surface area contributed by atoms with Crippen LogP contribution in [0.15, 0.2) is 0 Å². The Bertz CT molecular complexity index is 207. The van der Waals surface area contributed by atoms with Crippen LogP contribution in [0.1, 0.15) is 60.3 Å². The van der Waals surface area contributed by atoms with E-state index in [0.29, 0.717) is 12.1 Å². The number of piperidine rings is 1. The van der Waals surface area contributed by atoms with Gasteiger partial charge in [-0.25, -0.2) is 0 Å². The highest BCUT2D eigenvalue weighted by Crippen LogP contribution is 2.21. The van der Waals surface area contributed by atoms with Gasteiger partial charge in [-0.3, -0.25) is 0 Å². The van der Waals surface area contributed by atoms with Crippen molar-refractivity contribution in [2.45, 2.75) is 72.4 Å². The lowest BCUT2D eigenvalue weighted by molar-refractivity contribution is 0.164. The second-order valence-corrected chi connectivity index (χ2v) is 6.60. The van der Waals surface area contributed by atoms with Gasteiger partial charge in [-0.05, 0) is 71.0 Å². The van der Waals surface area contributed by atoms with Crippen LogP contribution >= 0.6 is 0 Å². The maximum Gasteiger partial charge on any atom is 0.00704 e. The topological polar surface area (TPSA) is 15.3 Å². The fraction of sp³-hybridized carbons (Fsp3) is 1.00. The summed E-state index contributed by atoms with van der Waals surface area (Å²) in [5.41, 5.74) is 0. The maximum atomic E-state index is 3.82. The molecule has 0 aromatic rings. The third-order valence-corrected chi connectivity index (χ3v) is 4.51. The molecule has 0 amide bonds. The van der Waals surface area contributed by atoms with Crippen LogP contribution in [0.4, 0.5) is 0 Å². The van der Waals surface area contributed by atoms with Gasteiger partial charge in [-0.1, -0.05) is 20.8 Å². The first-order valence-electron chi connectivity index (χ1n) is 8.01. The van der Waals surface area contributed by atoms with Gasteiger partial charge < -0.3 is 10.2 Å². The zero-order valence-corrected chi connectivity index (χ0v) is 13.2. The summed E-state index contributed by atoms with van der Waals surface area (Å²) >= 11 is 0. The van der Waals surface area contributed by atoms with Gasteiger partial charge in [0.1, 0.15) is 0 Å². The van der Waals surface area contributed by atoms with Gasteiger partial charge in [0.25, 0.3) is 0 Å². The van der Waals surface area contributed by atoms with Crippen molar-refractivity contribution < 1.29 is 0 Å². The standard InChI is InChI=1S/C16H34N2/c1-6-18-11-9-16(10-12-18)15(5)17-14(4)8-7-13(2)3/h13-17H,6-12H2,1-5H3. The Kier molecular flexibility index (Phi) is 7.25. The molecule has 1 aliphatic heterocycles. The van der Waals surface area contributed by atoms with Crippen molar-refractivity contribution >= 4 is 0 Å². The number of nitrogens with zero attached hydrogens (tertiary/aromatic N) is 1. The zero-order valence-electron chi connectivity index (χ0n) is 13.2. The summed E-state index contributed by atoms with van der Waals surface area (Å²) < 4.78 is 0. The highest BCUT2D eigenvalue weighted by atomic mass is 15.1. The Balaban J connectivity index is 2.22. The van der Waals surface area contributed by atoms with Crippen molar-refractivity contribution in [1.82, 2.24) is 10.2 Å². The largest absolute Gasteiger partial charge is 0.312 e. The minimum atomic E-state index is 0.673. The van der Waals surface area contributed by atoms with Crippen LogP contribution in [0.3, 0.4) is 0 Å². The molecule has 0 spiro atoms. The van der Waals surface area contributed by atoms with Gasteiger partial charge in [0.05, 0.1) is 0 Å². The Morgan fingerprint density at radius 3 is 2.17 bits per heavy atom. The normalized spacial score (nSPS) is 22.3. The van der Waals surface area contributed by atoms with Crippen LogP contribution in [-0.4, -0.2) is 36.6 Å². The quantitative estimate of drug-likeness (QED) is 0.748. The van der Waals surface area contributed by atoms with E-state index < -0.39 is 0 Å². The molecule has 0 aromatic carbocycles. The molecule has 1 rings (SSSR count). The van der Waals surface area contributed by atoms with Crippen LogP contribution in [0.25, 0.3) is 0 Å². The molecule has 108 valence electrons. The highest BCUT2D eigenvalue weighted by molar-refractivity contribution is 4.80. The number of likely N-dealkylation sites (tertiary alicyclic amines) is 1. The minimum absolute atomic E-state index is 0.673. The molecule has 1 aliphatic rings. The van der Waals surface area contributed by atoms with E-state index >= 15 is 0 Å². The first-order chi connectivity index (χ1) is 8.52. The Hall–Kier alpha value is -0.0800. The predicted octanol–water partition coefficient (Wildman–Crippen LogP) is 3.52. The average molecular weight is 254 g/mol. The smallest absolute Gasteiger partial charge is 0.00704 e. The first kappa shape index (κ1) is 16.0. The first-order valence-corrected chi connectivity index (χ1v) is 8.01. The lowest BCUT2D eigenvalue weighted by Crippen LogP contribution is -2.44. The summed E-state index contributed by atoms with van der Waals surface area (Å²) in [6.45, 7) is 15.5. The minimum Gasteiger partial charge on any atom is -0.312 e. The Morgan fingerprint density at radius 2 is 1.67 bits per heavy atom. The van der Waals surface area contributed by atoms with E-state index in [0.717, 1.165) is 11.8 Å². The van der Waals surface area contributed by atoms with E-state index in [1.54, 1.807) is 0 Å². The molecule has 18 heavy (non-hydrogen) atoms. The summed E-state index contributed by atoms with van der Waals surface area (Å²) in [4.78, 5) is 2.57. The van der Waals surface area contributed by atoms with Crippen LogP contribution in [-0.2, 0) is 0 Å². The Morgan fingerprint density at radius 1 is 1.06 bits per heavy atom. The summed E-state index contributed by atoms with van der Waals surface area (Å²) in [7, 11) is 0. The summed E-state index contributed by atoms with van der Waals surface area (Å²) in [6, 6.07) is 1.36. The van der Waals surface area contributed by atoms with Crippen LogP contribution in [0.2, 0.25) is 0 Å². The average Bonchev–Trinajstić information content (AvgIpc) is 2.36. The lowest BCUT2D eigenvalue weighted by Gasteiger charge is -2.35. The van der Waals surface area contributed by atoms with Gasteiger partial charge in [0.2, 0.25) is 0 Å². The number of hydrogen-bond donors (Lipinski definition) is 1. The second kappa shape index (κ2) is 8.16. The van der Waals surface area contributed by atoms with E-state index in [1.165, 1.54) is 45.3 Å². The van der Waals surface area contributed by atoms with Gasteiger partial charge in [-0.2, -0.15) is 0 Å². The third-order valence-electron chi connectivity index (χ3n) is 4.51. The number of hydrogen-bond acceptors (Lipinski definition) is 2. The van der Waals surface area contributed by atoms with Crippen LogP contribution in [0.5, 0.6) is 0 Å². The summed E-state index contributed by atoms with van der Waals surface area (Å²) in [6.07, 6.45) is 5.41. The zero-order chi connectivity index (χ0) is 13.5. The Labute approximate surface area is 115 Å². The van der Waals surface area contributed by atoms with Gasteiger partial charge in [0, 0.05) is 12.1 Å². The van der Waals surface area contributed by atoms with Crippen LogP contribution < -0.4 is 5.32 Å². The molecule has 2 nitrogen and oxygen atoms in total. The molecule has 0 aliphatic carbocycles. The van der Waals surface area contributed by atoms with E-state index in [4.69, 9.17) is 0 Å². The van der Waals surface area contributed by atoms with Crippen molar-refractivity contribution in [2.75, 3.05) is 19.6 Å². The van der Waals surface area contributed by atoms with Gasteiger partial charge in [-0.15, -0.1) is 0 Å². The van der Waals surface area contributed by atoms with Crippen molar-refractivity contribution in [3.05, 3.63) is 0 Å². The van der Waals surface area contributed by atoms with E-state index in [2.05, 4.69) is 44.8 Å². The molecule has 0 saturated carbocycles. The van der Waals surface area contributed by atoms with E-state index in [1.807, 2.05) is 0 Å². The molecule has 2 heteroatoms. The molecule has 0 radical (unpaired) electrons. The lowest BCUT2D eigenvalue weighted by atomic mass is 9.89. The molecular weight excluding hydrogens is 220 g/mol. The van der Waals surface area contributed by atoms with Crippen molar-refractivity contribution in [2.24, 2.45) is 11.8 Å². The van der Waals surface area contributed by atoms with Crippen molar-refractivity contribution in [3.63, 3.8) is 0 Å². The van der Waals surface area contributed by atoms with Crippen LogP contribution in [0, 0.1) is 11.8 Å². The molecule has 2 atom stereocenters. The molecule has 0 aromatic heterocycles. The SMILES string of the molecule is CCN1CCC(C(C)NC(C)CCC(C)C)CC1. The maximum absolute atomic E-state index is 3.82. The third kappa shape index (κ3) is 5.71. The van der Waals surface area contributed by atoms with E-state index in [-0.39, 0.29) is 0 Å². The fourth-order valence-electron chi connectivity index (χ4n) is 3.02. The number of nitrogens with one attached hydrogen (secondary N) is 1. The van der Waals surface area contributed by atoms with E-state index in [9.17, 15) is 0 Å². The summed E-state index contributed by atoms with van der Waals surface area (Å²) in [5, 5.41) is 3.82. The molecule has 1 saturated heterocycles. The fourth-order valence-corrected chi connectivity index (χ4v) is 3.02. The number of rotatable bonds is 7. The molecule has 1 heterocycles. The molecule has 0 bridgehead atoms. The van der Waals surface area contributed by atoms with Gasteiger partial charge >= 0.3 is 0 Å². The second-order valence-electron chi connectivity index (χ2n) is 6.60. The molecule has 1 N–H and O–H groups in total. The molecule has 1 fully saturated rings. The van der Waals surface area contributed by atoms with Crippen molar-refractivity contribution in [3.8, 4) is 0 Å². The molecule has 2 unspecified atom stereocenters. The predicted molar refractivity (Wildman–Crippen MR) is 81.0 cm³/mol. The summed E-state index contributed by atoms with van der Waals surface area (Å²) in [5.74, 6) is 1.71. The van der Waals surface area contributed by atoms with Crippen molar-refractivity contribution in [1.29, 1.82) is 0 Å². The monoisotopic (exact) mass is 254 g/mol.